The van der Waals surface area contributed by atoms with Crippen molar-refractivity contribution in [2.45, 2.75) is 6.54 Å². The molecule has 0 atom stereocenters. The number of H-pyrrole nitrogens is 1. The Bertz CT molecular complexity index is 637. The Morgan fingerprint density at radius 1 is 1.47 bits per heavy atom. The number of aromatic nitrogens is 3. The Labute approximate surface area is 84.5 Å². The minimum atomic E-state index is -0.307. The van der Waals surface area contributed by atoms with E-state index in [1.807, 2.05) is 12.3 Å². The van der Waals surface area contributed by atoms with Crippen LogP contribution in [-0.2, 0) is 6.54 Å². The van der Waals surface area contributed by atoms with Gasteiger partial charge in [0, 0.05) is 18.4 Å². The van der Waals surface area contributed by atoms with Gasteiger partial charge in [-0.2, -0.15) is 0 Å². The number of nitrogens with two attached hydrogens (primary N) is 1. The fraction of sp³-hybridized carbons (Fsp3) is 0.100. The number of hydrogen-bond donors (Lipinski definition) is 2. The van der Waals surface area contributed by atoms with E-state index in [4.69, 9.17) is 5.73 Å². The van der Waals surface area contributed by atoms with Crippen LogP contribution in [0.1, 0.15) is 5.69 Å². The molecule has 0 spiro atoms. The van der Waals surface area contributed by atoms with Gasteiger partial charge in [-0.3, -0.25) is 4.40 Å². The summed E-state index contributed by atoms with van der Waals surface area (Å²) in [5, 5.41) is 0. The van der Waals surface area contributed by atoms with Crippen LogP contribution in [0.4, 0.5) is 4.39 Å². The zero-order chi connectivity index (χ0) is 10.4. The van der Waals surface area contributed by atoms with Gasteiger partial charge in [0.05, 0.1) is 5.52 Å². The van der Waals surface area contributed by atoms with Crippen molar-refractivity contribution in [2.75, 3.05) is 0 Å². The van der Waals surface area contributed by atoms with Crippen molar-refractivity contribution in [3.63, 3.8) is 0 Å². The summed E-state index contributed by atoms with van der Waals surface area (Å²) in [4.78, 5) is 7.18. The molecule has 4 nitrogen and oxygen atoms in total. The third kappa shape index (κ3) is 1.07. The third-order valence-corrected chi connectivity index (χ3v) is 2.45. The standard InChI is InChI=1S/C10H9FN4/c11-7-2-1-3-8-9(7)14-10-13-6(4-12)5-15(8)10/h1-3,5H,4,12H2,(H,13,14). The lowest BCUT2D eigenvalue weighted by Gasteiger charge is -1.91. The quantitative estimate of drug-likeness (QED) is 0.629. The summed E-state index contributed by atoms with van der Waals surface area (Å²) in [5.74, 6) is 0.314. The first-order chi connectivity index (χ1) is 7.29. The molecule has 0 aliphatic heterocycles. The van der Waals surface area contributed by atoms with Gasteiger partial charge < -0.3 is 10.7 Å². The van der Waals surface area contributed by atoms with Crippen molar-refractivity contribution >= 4 is 16.8 Å². The highest BCUT2D eigenvalue weighted by Gasteiger charge is 2.09. The number of halogens is 1. The Morgan fingerprint density at radius 2 is 2.33 bits per heavy atom. The summed E-state index contributed by atoms with van der Waals surface area (Å²) in [7, 11) is 0. The summed E-state index contributed by atoms with van der Waals surface area (Å²) in [6.07, 6.45) is 1.84. The molecule has 0 aliphatic rings. The molecule has 2 aromatic heterocycles. The van der Waals surface area contributed by atoms with E-state index in [0.717, 1.165) is 11.2 Å². The third-order valence-electron chi connectivity index (χ3n) is 2.45. The summed E-state index contributed by atoms with van der Waals surface area (Å²) in [6.45, 7) is 0.417. The zero-order valence-electron chi connectivity index (χ0n) is 7.87. The maximum absolute atomic E-state index is 13.4. The Hall–Kier alpha value is -1.88. The zero-order valence-corrected chi connectivity index (χ0v) is 7.87. The van der Waals surface area contributed by atoms with E-state index in [9.17, 15) is 4.39 Å². The highest BCUT2D eigenvalue weighted by Crippen LogP contribution is 2.19. The van der Waals surface area contributed by atoms with Crippen molar-refractivity contribution < 1.29 is 4.39 Å². The number of nitrogens with zero attached hydrogens (tertiary/aromatic N) is 2. The molecule has 0 bridgehead atoms. The average Bonchev–Trinajstić information content (AvgIpc) is 2.76. The topological polar surface area (TPSA) is 59.1 Å². The largest absolute Gasteiger partial charge is 0.326 e. The molecule has 3 N–H and O–H groups in total. The second kappa shape index (κ2) is 2.80. The molecular weight excluding hydrogens is 195 g/mol. The van der Waals surface area contributed by atoms with Gasteiger partial charge in [-0.05, 0) is 12.1 Å². The minimum absolute atomic E-state index is 0.307. The van der Waals surface area contributed by atoms with Crippen LogP contribution >= 0.6 is 0 Å². The van der Waals surface area contributed by atoms with E-state index in [-0.39, 0.29) is 5.82 Å². The van der Waals surface area contributed by atoms with Crippen LogP contribution < -0.4 is 5.73 Å². The van der Waals surface area contributed by atoms with Gasteiger partial charge in [-0.1, -0.05) is 6.07 Å². The molecule has 0 unspecified atom stereocenters. The fourth-order valence-electron chi connectivity index (χ4n) is 1.74. The molecule has 0 radical (unpaired) electrons. The monoisotopic (exact) mass is 204 g/mol. The molecule has 0 saturated carbocycles. The number of imidazole rings is 2. The van der Waals surface area contributed by atoms with Gasteiger partial charge in [-0.15, -0.1) is 0 Å². The molecule has 1 aromatic carbocycles. The Kier molecular flexibility index (Phi) is 1.58. The first-order valence-corrected chi connectivity index (χ1v) is 4.64. The number of benzene rings is 1. The lowest BCUT2D eigenvalue weighted by molar-refractivity contribution is 0.637. The molecule has 0 aliphatic carbocycles. The lowest BCUT2D eigenvalue weighted by atomic mass is 10.3. The van der Waals surface area contributed by atoms with Crippen LogP contribution in [0.5, 0.6) is 0 Å². The predicted molar refractivity (Wildman–Crippen MR) is 54.9 cm³/mol. The Morgan fingerprint density at radius 3 is 3.13 bits per heavy atom. The fourth-order valence-corrected chi connectivity index (χ4v) is 1.74. The number of fused-ring (bicyclic) bond motifs is 3. The molecule has 0 amide bonds. The number of rotatable bonds is 1. The van der Waals surface area contributed by atoms with Gasteiger partial charge in [-0.25, -0.2) is 9.37 Å². The summed E-state index contributed by atoms with van der Waals surface area (Å²) in [5.41, 5.74) is 7.51. The van der Waals surface area contributed by atoms with Crippen LogP contribution in [0.3, 0.4) is 0 Å². The van der Waals surface area contributed by atoms with Crippen LogP contribution in [0.2, 0.25) is 0 Å². The van der Waals surface area contributed by atoms with Crippen molar-refractivity contribution in [3.05, 3.63) is 35.9 Å². The lowest BCUT2D eigenvalue weighted by Crippen LogP contribution is -1.95. The number of para-hydroxylation sites is 1. The van der Waals surface area contributed by atoms with Crippen LogP contribution in [0.25, 0.3) is 16.8 Å². The summed E-state index contributed by atoms with van der Waals surface area (Å²) >= 11 is 0. The minimum Gasteiger partial charge on any atom is -0.326 e. The number of hydrogen-bond acceptors (Lipinski definition) is 2. The summed E-state index contributed by atoms with van der Waals surface area (Å²) in [6, 6.07) is 4.89. The van der Waals surface area contributed by atoms with Gasteiger partial charge in [0.25, 0.3) is 0 Å². The second-order valence-electron chi connectivity index (χ2n) is 3.40. The summed E-state index contributed by atoms with van der Waals surface area (Å²) < 4.78 is 15.2. The molecule has 15 heavy (non-hydrogen) atoms. The van der Waals surface area contributed by atoms with Crippen LogP contribution in [0, 0.1) is 5.82 Å². The molecule has 3 rings (SSSR count). The molecule has 2 heterocycles. The molecule has 76 valence electrons. The molecule has 5 heteroatoms. The average molecular weight is 204 g/mol. The predicted octanol–water partition coefficient (Wildman–Crippen LogP) is 1.41. The second-order valence-corrected chi connectivity index (χ2v) is 3.40. The van der Waals surface area contributed by atoms with E-state index in [0.29, 0.717) is 17.8 Å². The first kappa shape index (κ1) is 8.43. The first-order valence-electron chi connectivity index (χ1n) is 4.64. The molecule has 0 fully saturated rings. The maximum Gasteiger partial charge on any atom is 0.212 e. The molecule has 3 aromatic rings. The maximum atomic E-state index is 13.4. The van der Waals surface area contributed by atoms with E-state index in [1.54, 1.807) is 10.5 Å². The van der Waals surface area contributed by atoms with Crippen molar-refractivity contribution in [1.82, 2.24) is 14.4 Å². The van der Waals surface area contributed by atoms with Crippen molar-refractivity contribution in [1.29, 1.82) is 0 Å². The van der Waals surface area contributed by atoms with E-state index < -0.39 is 0 Å². The highest BCUT2D eigenvalue weighted by atomic mass is 19.1. The van der Waals surface area contributed by atoms with Crippen LogP contribution in [-0.4, -0.2) is 14.4 Å². The van der Waals surface area contributed by atoms with E-state index in [2.05, 4.69) is 9.97 Å². The van der Waals surface area contributed by atoms with E-state index >= 15 is 0 Å². The van der Waals surface area contributed by atoms with Crippen molar-refractivity contribution in [2.24, 2.45) is 5.73 Å². The smallest absolute Gasteiger partial charge is 0.212 e. The number of aromatic amines is 1. The van der Waals surface area contributed by atoms with Gasteiger partial charge in [0.15, 0.2) is 5.82 Å². The van der Waals surface area contributed by atoms with Gasteiger partial charge in [0.2, 0.25) is 5.78 Å². The van der Waals surface area contributed by atoms with Gasteiger partial charge in [0.1, 0.15) is 5.52 Å². The Balaban J connectivity index is 2.46. The van der Waals surface area contributed by atoms with Crippen LogP contribution in [0.15, 0.2) is 24.4 Å². The van der Waals surface area contributed by atoms with E-state index in [1.165, 1.54) is 6.07 Å². The highest BCUT2D eigenvalue weighted by molar-refractivity contribution is 5.80. The van der Waals surface area contributed by atoms with Crippen molar-refractivity contribution in [3.8, 4) is 0 Å². The molecule has 0 saturated heterocycles. The van der Waals surface area contributed by atoms with Gasteiger partial charge >= 0.3 is 0 Å². The normalized spacial score (nSPS) is 11.6. The molecular formula is C10H9FN4. The SMILES string of the molecule is NCc1cn2c(nc3c(F)cccc32)[nH]1. The number of nitrogens with one attached hydrogen (secondary N) is 1.